The minimum atomic E-state index is -0.418. The van der Waals surface area contributed by atoms with Gasteiger partial charge in [0.1, 0.15) is 11.8 Å². The van der Waals surface area contributed by atoms with Crippen LogP contribution < -0.4 is 10.4 Å². The Hall–Kier alpha value is -3.92. The molecule has 7 heteroatoms. The number of benzene rings is 2. The normalized spacial score (nSPS) is 10.9. The highest BCUT2D eigenvalue weighted by atomic mass is 16.5. The van der Waals surface area contributed by atoms with Crippen molar-refractivity contribution in [2.24, 2.45) is 0 Å². The van der Waals surface area contributed by atoms with Crippen LogP contribution in [0, 0.1) is 11.3 Å². The third-order valence-electron chi connectivity index (χ3n) is 4.93. The summed E-state index contributed by atoms with van der Waals surface area (Å²) >= 11 is 0. The van der Waals surface area contributed by atoms with Crippen molar-refractivity contribution >= 4 is 10.9 Å². The highest BCUT2D eigenvalue weighted by molar-refractivity contribution is 5.95. The van der Waals surface area contributed by atoms with E-state index in [0.29, 0.717) is 24.4 Å². The lowest BCUT2D eigenvalue weighted by molar-refractivity contribution is 0.340. The number of rotatable bonds is 5. The van der Waals surface area contributed by atoms with E-state index in [1.54, 1.807) is 12.1 Å². The third-order valence-corrected chi connectivity index (χ3v) is 4.93. The maximum atomic E-state index is 11.9. The highest BCUT2D eigenvalue weighted by Gasteiger charge is 2.19. The van der Waals surface area contributed by atoms with E-state index in [-0.39, 0.29) is 5.88 Å². The first-order chi connectivity index (χ1) is 14.1. The van der Waals surface area contributed by atoms with Crippen molar-refractivity contribution in [3.8, 4) is 34.6 Å². The van der Waals surface area contributed by atoms with E-state index in [9.17, 15) is 15.2 Å². The lowest BCUT2D eigenvalue weighted by Crippen LogP contribution is -2.14. The van der Waals surface area contributed by atoms with Crippen molar-refractivity contribution in [2.75, 3.05) is 6.61 Å². The van der Waals surface area contributed by atoms with E-state index in [2.05, 4.69) is 15.6 Å². The second kappa shape index (κ2) is 7.24. The fourth-order valence-electron chi connectivity index (χ4n) is 3.70. The predicted molar refractivity (Wildman–Crippen MR) is 111 cm³/mol. The first kappa shape index (κ1) is 18.4. The lowest BCUT2D eigenvalue weighted by Gasteiger charge is -2.10. The molecule has 0 fully saturated rings. The maximum absolute atomic E-state index is 11.9. The summed E-state index contributed by atoms with van der Waals surface area (Å²) in [4.78, 5) is 14.3. The predicted octanol–water partition coefficient (Wildman–Crippen LogP) is 3.78. The molecule has 2 aromatic heterocycles. The van der Waals surface area contributed by atoms with Crippen molar-refractivity contribution < 1.29 is 9.84 Å². The molecule has 2 heterocycles. The summed E-state index contributed by atoms with van der Waals surface area (Å²) < 4.78 is 8.89. The molecule has 2 N–H and O–H groups in total. The van der Waals surface area contributed by atoms with Gasteiger partial charge in [-0.3, -0.25) is 0 Å². The topological polar surface area (TPSA) is 96.0 Å². The van der Waals surface area contributed by atoms with Gasteiger partial charge in [-0.25, -0.2) is 9.36 Å². The first-order valence-corrected chi connectivity index (χ1v) is 9.38. The number of nitrogens with one attached hydrogen (secondary N) is 1. The number of H-pyrrole nitrogens is 1. The van der Waals surface area contributed by atoms with Crippen LogP contribution in [-0.2, 0) is 6.54 Å². The van der Waals surface area contributed by atoms with Gasteiger partial charge >= 0.3 is 5.69 Å². The van der Waals surface area contributed by atoms with Gasteiger partial charge in [0.05, 0.1) is 35.3 Å². The summed E-state index contributed by atoms with van der Waals surface area (Å²) in [6.45, 7) is 5.22. The van der Waals surface area contributed by atoms with E-state index in [0.717, 1.165) is 27.9 Å². The van der Waals surface area contributed by atoms with Crippen LogP contribution in [0.3, 0.4) is 0 Å². The van der Waals surface area contributed by atoms with Crippen molar-refractivity contribution in [2.45, 2.75) is 20.4 Å². The fourth-order valence-corrected chi connectivity index (χ4v) is 3.70. The molecule has 4 aromatic rings. The molecule has 0 amide bonds. The summed E-state index contributed by atoms with van der Waals surface area (Å²) in [6.07, 6.45) is 1.24. The Bertz CT molecular complexity index is 1290. The van der Waals surface area contributed by atoms with Crippen molar-refractivity contribution in [1.82, 2.24) is 14.1 Å². The smallest absolute Gasteiger partial charge is 0.333 e. The van der Waals surface area contributed by atoms with Gasteiger partial charge in [0.25, 0.3) is 0 Å². The number of aromatic hydroxyl groups is 1. The third kappa shape index (κ3) is 2.95. The van der Waals surface area contributed by atoms with Crippen LogP contribution in [0.1, 0.15) is 19.4 Å². The Morgan fingerprint density at radius 1 is 1.17 bits per heavy atom. The van der Waals surface area contributed by atoms with Crippen molar-refractivity contribution in [1.29, 1.82) is 5.26 Å². The molecular weight excluding hydrogens is 368 g/mol. The van der Waals surface area contributed by atoms with E-state index < -0.39 is 5.69 Å². The quantitative estimate of drug-likeness (QED) is 0.544. The Balaban J connectivity index is 1.89. The van der Waals surface area contributed by atoms with Crippen LogP contribution in [0.5, 0.6) is 11.6 Å². The van der Waals surface area contributed by atoms with E-state index in [1.165, 1.54) is 10.8 Å². The number of imidazole rings is 1. The van der Waals surface area contributed by atoms with Crippen LogP contribution in [0.2, 0.25) is 0 Å². The highest BCUT2D eigenvalue weighted by Crippen LogP contribution is 2.35. The molecule has 0 aliphatic carbocycles. The lowest BCUT2D eigenvalue weighted by atomic mass is 10.1. The molecule has 0 bridgehead atoms. The molecule has 2 aromatic carbocycles. The fraction of sp³-hybridized carbons (Fsp3) is 0.182. The van der Waals surface area contributed by atoms with Gasteiger partial charge in [0.2, 0.25) is 5.88 Å². The Kier molecular flexibility index (Phi) is 4.61. The zero-order valence-corrected chi connectivity index (χ0v) is 16.1. The minimum Gasteiger partial charge on any atom is -0.494 e. The Labute approximate surface area is 167 Å². The van der Waals surface area contributed by atoms with Gasteiger partial charge in [-0.05, 0) is 43.7 Å². The molecule has 0 saturated heterocycles. The number of nitrogens with zero attached hydrogens (tertiary/aromatic N) is 3. The number of ether oxygens (including phenoxy) is 1. The molecule has 0 atom stereocenters. The zero-order chi connectivity index (χ0) is 20.5. The Morgan fingerprint density at radius 3 is 2.52 bits per heavy atom. The average molecular weight is 388 g/mol. The maximum Gasteiger partial charge on any atom is 0.333 e. The second-order valence-corrected chi connectivity index (χ2v) is 6.53. The summed E-state index contributed by atoms with van der Waals surface area (Å²) in [5.74, 6) is 0.604. The molecule has 0 aliphatic rings. The van der Waals surface area contributed by atoms with Crippen molar-refractivity contribution in [3.63, 3.8) is 0 Å². The molecule has 4 rings (SSSR count). The molecule has 7 nitrogen and oxygen atoms in total. The van der Waals surface area contributed by atoms with Gasteiger partial charge in [0, 0.05) is 18.0 Å². The molecular formula is C22H20N4O3. The van der Waals surface area contributed by atoms with Gasteiger partial charge in [0.15, 0.2) is 0 Å². The summed E-state index contributed by atoms with van der Waals surface area (Å²) in [7, 11) is 0. The zero-order valence-electron chi connectivity index (χ0n) is 16.1. The van der Waals surface area contributed by atoms with Crippen LogP contribution >= 0.6 is 0 Å². The van der Waals surface area contributed by atoms with E-state index in [4.69, 9.17) is 4.74 Å². The number of hydrogen-bond donors (Lipinski definition) is 2. The van der Waals surface area contributed by atoms with E-state index in [1.807, 2.05) is 44.2 Å². The molecule has 0 aliphatic heterocycles. The molecule has 0 saturated carbocycles. The number of aromatic nitrogens is 3. The second-order valence-electron chi connectivity index (χ2n) is 6.53. The average Bonchev–Trinajstić information content (AvgIpc) is 3.24. The van der Waals surface area contributed by atoms with Gasteiger partial charge in [-0.1, -0.05) is 12.1 Å². The summed E-state index contributed by atoms with van der Waals surface area (Å²) in [5.41, 5.74) is 3.32. The van der Waals surface area contributed by atoms with Gasteiger partial charge in [-0.15, -0.1) is 0 Å². The number of hydrogen-bond acceptors (Lipinski definition) is 4. The van der Waals surface area contributed by atoms with Crippen LogP contribution in [-0.4, -0.2) is 25.8 Å². The molecule has 0 spiro atoms. The van der Waals surface area contributed by atoms with Gasteiger partial charge in [-0.2, -0.15) is 5.26 Å². The van der Waals surface area contributed by atoms with Crippen molar-refractivity contribution in [3.05, 3.63) is 64.7 Å². The Morgan fingerprint density at radius 2 is 1.93 bits per heavy atom. The van der Waals surface area contributed by atoms with Crippen LogP contribution in [0.15, 0.2) is 53.5 Å². The van der Waals surface area contributed by atoms with Crippen LogP contribution in [0.25, 0.3) is 27.8 Å². The standard InChI is InChI=1S/C22H20N4O3/c1-3-25-19-11-16(29-4-2)9-10-17(19)18(12-23)21(25)14-5-7-15(8-6-14)26-20(27)13-24-22(26)28/h5-11,13,27H,3-4H2,1-2H3,(H,24,28). The molecule has 0 unspecified atom stereocenters. The largest absolute Gasteiger partial charge is 0.494 e. The first-order valence-electron chi connectivity index (χ1n) is 9.38. The van der Waals surface area contributed by atoms with E-state index >= 15 is 0 Å². The molecule has 146 valence electrons. The molecule has 0 radical (unpaired) electrons. The summed E-state index contributed by atoms with van der Waals surface area (Å²) in [5, 5.41) is 20.6. The minimum absolute atomic E-state index is 0.161. The number of fused-ring (bicyclic) bond motifs is 1. The number of nitriles is 1. The molecule has 29 heavy (non-hydrogen) atoms. The van der Waals surface area contributed by atoms with Crippen LogP contribution in [0.4, 0.5) is 0 Å². The summed E-state index contributed by atoms with van der Waals surface area (Å²) in [6, 6.07) is 15.3. The number of aromatic amines is 1. The monoisotopic (exact) mass is 388 g/mol. The number of aryl methyl sites for hydroxylation is 1. The van der Waals surface area contributed by atoms with Gasteiger partial charge < -0.3 is 19.4 Å². The SMILES string of the molecule is CCOc1ccc2c(C#N)c(-c3ccc(-n4c(O)c[nH]c4=O)cc3)n(CC)c2c1.